The molecule has 1 saturated heterocycles. The van der Waals surface area contributed by atoms with Crippen LogP contribution in [-0.4, -0.2) is 30.8 Å². The summed E-state index contributed by atoms with van der Waals surface area (Å²) < 4.78 is 20.0. The number of piperidine rings is 1. The lowest BCUT2D eigenvalue weighted by Crippen LogP contribution is -2.40. The molecule has 0 radical (unpaired) electrons. The molecule has 1 aliphatic heterocycles. The number of hydrogen-bond acceptors (Lipinski definition) is 3. The Morgan fingerprint density at radius 2 is 2.42 bits per heavy atom. The van der Waals surface area contributed by atoms with E-state index in [0.717, 1.165) is 32.4 Å². The van der Waals surface area contributed by atoms with Gasteiger partial charge < -0.3 is 9.64 Å². The van der Waals surface area contributed by atoms with Crippen molar-refractivity contribution in [3.63, 3.8) is 0 Å². The van der Waals surface area contributed by atoms with E-state index in [1.165, 1.54) is 0 Å². The normalized spacial score (nSPS) is 19.7. The number of rotatable bonds is 5. The van der Waals surface area contributed by atoms with Crippen LogP contribution in [0.3, 0.4) is 0 Å². The van der Waals surface area contributed by atoms with E-state index in [1.807, 2.05) is 4.90 Å². The third-order valence-corrected chi connectivity index (χ3v) is 3.62. The number of anilines is 1. The Labute approximate surface area is 118 Å². The van der Waals surface area contributed by atoms with Gasteiger partial charge in [0.15, 0.2) is 11.6 Å². The van der Waals surface area contributed by atoms with Crippen LogP contribution in [0.15, 0.2) is 12.3 Å². The topological polar surface area (TPSA) is 25.4 Å². The second-order valence-electron chi connectivity index (χ2n) is 4.82. The highest BCUT2D eigenvalue weighted by molar-refractivity contribution is 6.17. The quantitative estimate of drug-likeness (QED) is 0.776. The summed E-state index contributed by atoms with van der Waals surface area (Å²) >= 11 is 5.73. The SMILES string of the molecule is CCCOC1CCCN(c2nccc(CCl)c2F)C1. The highest BCUT2D eigenvalue weighted by Crippen LogP contribution is 2.24. The van der Waals surface area contributed by atoms with Gasteiger partial charge in [-0.3, -0.25) is 0 Å². The van der Waals surface area contributed by atoms with Crippen LogP contribution in [0.4, 0.5) is 10.2 Å². The van der Waals surface area contributed by atoms with E-state index in [0.29, 0.717) is 17.9 Å². The Balaban J connectivity index is 2.08. The van der Waals surface area contributed by atoms with E-state index >= 15 is 0 Å². The van der Waals surface area contributed by atoms with Crippen molar-refractivity contribution in [3.8, 4) is 0 Å². The molecule has 0 spiro atoms. The summed E-state index contributed by atoms with van der Waals surface area (Å²) in [5.74, 6) is 0.280. The zero-order valence-electron chi connectivity index (χ0n) is 11.2. The molecule has 1 aliphatic rings. The summed E-state index contributed by atoms with van der Waals surface area (Å²) in [6.07, 6.45) is 4.83. The molecular formula is C14H20ClFN2O. The first-order chi connectivity index (χ1) is 9.26. The maximum atomic E-state index is 14.2. The van der Waals surface area contributed by atoms with Crippen LogP contribution in [0.25, 0.3) is 0 Å². The van der Waals surface area contributed by atoms with Gasteiger partial charge in [-0.1, -0.05) is 6.92 Å². The van der Waals surface area contributed by atoms with Gasteiger partial charge in [0.25, 0.3) is 0 Å². The molecule has 1 aromatic rings. The van der Waals surface area contributed by atoms with Crippen molar-refractivity contribution >= 4 is 17.4 Å². The Morgan fingerprint density at radius 1 is 1.58 bits per heavy atom. The van der Waals surface area contributed by atoms with E-state index < -0.39 is 0 Å². The lowest BCUT2D eigenvalue weighted by atomic mass is 10.1. The van der Waals surface area contributed by atoms with Crippen molar-refractivity contribution in [1.82, 2.24) is 4.98 Å². The number of pyridine rings is 1. The number of hydrogen-bond donors (Lipinski definition) is 0. The molecule has 5 heteroatoms. The Hall–Kier alpha value is -0.870. The molecular weight excluding hydrogens is 267 g/mol. The van der Waals surface area contributed by atoms with Crippen molar-refractivity contribution < 1.29 is 9.13 Å². The molecule has 0 aromatic carbocycles. The van der Waals surface area contributed by atoms with Crippen molar-refractivity contribution in [2.24, 2.45) is 0 Å². The van der Waals surface area contributed by atoms with E-state index in [-0.39, 0.29) is 17.8 Å². The van der Waals surface area contributed by atoms with Crippen LogP contribution >= 0.6 is 11.6 Å². The average Bonchev–Trinajstić information content (AvgIpc) is 2.45. The molecule has 1 fully saturated rings. The van der Waals surface area contributed by atoms with Gasteiger partial charge in [0.05, 0.1) is 12.0 Å². The van der Waals surface area contributed by atoms with Crippen LogP contribution in [0.2, 0.25) is 0 Å². The van der Waals surface area contributed by atoms with Crippen molar-refractivity contribution in [2.45, 2.75) is 38.2 Å². The van der Waals surface area contributed by atoms with Crippen LogP contribution < -0.4 is 4.90 Å². The molecule has 0 N–H and O–H groups in total. The summed E-state index contributed by atoms with van der Waals surface area (Å²) in [7, 11) is 0. The number of ether oxygens (including phenoxy) is 1. The predicted octanol–water partition coefficient (Wildman–Crippen LogP) is 3.35. The molecule has 2 rings (SSSR count). The van der Waals surface area contributed by atoms with Gasteiger partial charge in [0.2, 0.25) is 0 Å². The van der Waals surface area contributed by atoms with Crippen LogP contribution in [0.5, 0.6) is 0 Å². The largest absolute Gasteiger partial charge is 0.376 e. The predicted molar refractivity (Wildman–Crippen MR) is 75.2 cm³/mol. The van der Waals surface area contributed by atoms with Gasteiger partial charge in [0.1, 0.15) is 0 Å². The fourth-order valence-electron chi connectivity index (χ4n) is 2.35. The molecule has 1 atom stereocenters. The van der Waals surface area contributed by atoms with Crippen molar-refractivity contribution in [2.75, 3.05) is 24.6 Å². The minimum atomic E-state index is -0.298. The van der Waals surface area contributed by atoms with Gasteiger partial charge in [-0.2, -0.15) is 0 Å². The summed E-state index contributed by atoms with van der Waals surface area (Å²) in [5, 5.41) is 0. The van der Waals surface area contributed by atoms with Gasteiger partial charge in [-0.25, -0.2) is 9.37 Å². The number of nitrogens with zero attached hydrogens (tertiary/aromatic N) is 2. The Bertz CT molecular complexity index is 416. The highest BCUT2D eigenvalue weighted by atomic mass is 35.5. The summed E-state index contributed by atoms with van der Waals surface area (Å²) in [6.45, 7) is 4.37. The zero-order valence-corrected chi connectivity index (χ0v) is 12.0. The fraction of sp³-hybridized carbons (Fsp3) is 0.643. The van der Waals surface area contributed by atoms with Crippen molar-refractivity contribution in [3.05, 3.63) is 23.6 Å². The molecule has 0 saturated carbocycles. The third kappa shape index (κ3) is 3.57. The maximum absolute atomic E-state index is 14.2. The summed E-state index contributed by atoms with van der Waals surface area (Å²) in [6, 6.07) is 1.63. The molecule has 1 unspecified atom stereocenters. The zero-order chi connectivity index (χ0) is 13.7. The minimum Gasteiger partial charge on any atom is -0.376 e. The fourth-order valence-corrected chi connectivity index (χ4v) is 2.55. The Kier molecular flexibility index (Phi) is 5.40. The molecule has 1 aromatic heterocycles. The highest BCUT2D eigenvalue weighted by Gasteiger charge is 2.24. The lowest BCUT2D eigenvalue weighted by Gasteiger charge is -2.33. The molecule has 106 valence electrons. The average molecular weight is 287 g/mol. The molecule has 0 amide bonds. The van der Waals surface area contributed by atoms with Crippen LogP contribution in [0.1, 0.15) is 31.7 Å². The monoisotopic (exact) mass is 286 g/mol. The standard InChI is InChI=1S/C14H20ClFN2O/c1-2-8-19-12-4-3-7-18(10-12)14-13(16)11(9-15)5-6-17-14/h5-6,12H,2-4,7-10H2,1H3. The second-order valence-corrected chi connectivity index (χ2v) is 5.09. The van der Waals surface area contributed by atoms with Crippen LogP contribution in [0, 0.1) is 5.82 Å². The van der Waals surface area contributed by atoms with Gasteiger partial charge in [0, 0.05) is 31.5 Å². The molecule has 2 heterocycles. The smallest absolute Gasteiger partial charge is 0.170 e. The molecule has 19 heavy (non-hydrogen) atoms. The van der Waals surface area contributed by atoms with E-state index in [1.54, 1.807) is 12.3 Å². The van der Waals surface area contributed by atoms with Gasteiger partial charge in [-0.05, 0) is 25.3 Å². The van der Waals surface area contributed by atoms with E-state index in [4.69, 9.17) is 16.3 Å². The third-order valence-electron chi connectivity index (χ3n) is 3.33. The van der Waals surface area contributed by atoms with Gasteiger partial charge in [-0.15, -0.1) is 11.6 Å². The number of aromatic nitrogens is 1. The first-order valence-corrected chi connectivity index (χ1v) is 7.35. The summed E-state index contributed by atoms with van der Waals surface area (Å²) in [4.78, 5) is 6.13. The first-order valence-electron chi connectivity index (χ1n) is 6.82. The van der Waals surface area contributed by atoms with Gasteiger partial charge >= 0.3 is 0 Å². The first kappa shape index (κ1) is 14.5. The minimum absolute atomic E-state index is 0.172. The van der Waals surface area contributed by atoms with Crippen molar-refractivity contribution in [1.29, 1.82) is 0 Å². The number of halogens is 2. The molecule has 0 aliphatic carbocycles. The van der Waals surface area contributed by atoms with E-state index in [2.05, 4.69) is 11.9 Å². The lowest BCUT2D eigenvalue weighted by molar-refractivity contribution is 0.0438. The van der Waals surface area contributed by atoms with Crippen LogP contribution in [-0.2, 0) is 10.6 Å². The molecule has 0 bridgehead atoms. The summed E-state index contributed by atoms with van der Waals surface area (Å²) in [5.41, 5.74) is 0.503. The maximum Gasteiger partial charge on any atom is 0.170 e. The van der Waals surface area contributed by atoms with E-state index in [9.17, 15) is 4.39 Å². The Morgan fingerprint density at radius 3 is 3.16 bits per heavy atom. The number of alkyl halides is 1. The second kappa shape index (κ2) is 7.06. The molecule has 3 nitrogen and oxygen atoms in total.